The van der Waals surface area contributed by atoms with Crippen molar-refractivity contribution in [3.05, 3.63) is 48.8 Å². The highest BCUT2D eigenvalue weighted by atomic mass is 16.5. The van der Waals surface area contributed by atoms with Crippen LogP contribution in [0.2, 0.25) is 0 Å². The first-order valence-corrected chi connectivity index (χ1v) is 7.25. The number of aromatic amines is 1. The first-order valence-electron chi connectivity index (χ1n) is 7.25. The van der Waals surface area contributed by atoms with Gasteiger partial charge in [-0.05, 0) is 24.3 Å². The van der Waals surface area contributed by atoms with Crippen molar-refractivity contribution in [1.29, 1.82) is 0 Å². The molecule has 0 spiro atoms. The molecule has 3 N–H and O–H groups in total. The van der Waals surface area contributed by atoms with Crippen molar-refractivity contribution >= 4 is 17.5 Å². The summed E-state index contributed by atoms with van der Waals surface area (Å²) in [7, 11) is 1.58. The number of benzene rings is 1. The Labute approximate surface area is 138 Å². The molecule has 0 saturated carbocycles. The van der Waals surface area contributed by atoms with Gasteiger partial charge in [0.2, 0.25) is 11.9 Å². The minimum absolute atomic E-state index is 0.0465. The maximum absolute atomic E-state index is 12.0. The van der Waals surface area contributed by atoms with Crippen LogP contribution in [-0.4, -0.2) is 39.7 Å². The molecule has 0 aliphatic carbocycles. The van der Waals surface area contributed by atoms with Crippen molar-refractivity contribution in [3.8, 4) is 17.1 Å². The molecule has 0 aliphatic heterocycles. The molecule has 0 radical (unpaired) electrons. The van der Waals surface area contributed by atoms with E-state index in [4.69, 9.17) is 4.74 Å². The summed E-state index contributed by atoms with van der Waals surface area (Å²) < 4.78 is 5.11. The van der Waals surface area contributed by atoms with Gasteiger partial charge < -0.3 is 15.4 Å². The molecule has 2 aromatic heterocycles. The lowest BCUT2D eigenvalue weighted by molar-refractivity contribution is -0.114. The minimum atomic E-state index is -0.210. The van der Waals surface area contributed by atoms with Crippen molar-refractivity contribution in [2.24, 2.45) is 0 Å². The van der Waals surface area contributed by atoms with Crippen LogP contribution < -0.4 is 15.4 Å². The predicted molar refractivity (Wildman–Crippen MR) is 89.7 cm³/mol. The Bertz CT molecular complexity index is 818. The monoisotopic (exact) mass is 324 g/mol. The fraction of sp³-hybridized carbons (Fsp3) is 0.125. The van der Waals surface area contributed by atoms with Crippen LogP contribution in [0.3, 0.4) is 0 Å². The zero-order valence-electron chi connectivity index (χ0n) is 13.0. The van der Waals surface area contributed by atoms with Gasteiger partial charge in [-0.25, -0.2) is 0 Å². The Morgan fingerprint density at radius 1 is 1.25 bits per heavy atom. The molecule has 8 heteroatoms. The second kappa shape index (κ2) is 7.23. The molecule has 0 fully saturated rings. The molecule has 0 atom stereocenters. The third kappa shape index (κ3) is 3.86. The summed E-state index contributed by atoms with van der Waals surface area (Å²) >= 11 is 0. The lowest BCUT2D eigenvalue weighted by atomic mass is 10.3. The standard InChI is InChI=1S/C16H16N6O2/c1-24-13-4-2-3-12(9-13)19-14(23)10-18-16-20-15(21-22-16)11-5-7-17-8-6-11/h2-9H,10H2,1H3,(H,19,23)(H2,18,20,21,22). The summed E-state index contributed by atoms with van der Waals surface area (Å²) in [6.07, 6.45) is 3.35. The number of nitrogens with one attached hydrogen (secondary N) is 3. The molecule has 24 heavy (non-hydrogen) atoms. The molecule has 3 aromatic rings. The average molecular weight is 324 g/mol. The average Bonchev–Trinajstić information content (AvgIpc) is 3.10. The smallest absolute Gasteiger partial charge is 0.243 e. The van der Waals surface area contributed by atoms with Gasteiger partial charge in [0.1, 0.15) is 5.75 Å². The molecular formula is C16H16N6O2. The summed E-state index contributed by atoms with van der Waals surface area (Å²) in [5.41, 5.74) is 1.53. The summed E-state index contributed by atoms with van der Waals surface area (Å²) in [5.74, 6) is 1.42. The highest BCUT2D eigenvalue weighted by molar-refractivity contribution is 5.93. The quantitative estimate of drug-likeness (QED) is 0.640. The zero-order chi connectivity index (χ0) is 16.8. The number of nitrogens with zero attached hydrogens (tertiary/aromatic N) is 3. The van der Waals surface area contributed by atoms with E-state index in [9.17, 15) is 4.79 Å². The second-order valence-corrected chi connectivity index (χ2v) is 4.88. The number of hydrogen-bond donors (Lipinski definition) is 3. The Morgan fingerprint density at radius 3 is 2.88 bits per heavy atom. The number of carbonyl (C=O) groups excluding carboxylic acids is 1. The van der Waals surface area contributed by atoms with Crippen LogP contribution in [0, 0.1) is 0 Å². The number of H-pyrrole nitrogens is 1. The van der Waals surface area contributed by atoms with Gasteiger partial charge in [0.15, 0.2) is 5.82 Å². The van der Waals surface area contributed by atoms with Gasteiger partial charge in [-0.2, -0.15) is 4.98 Å². The van der Waals surface area contributed by atoms with Gasteiger partial charge in [0.25, 0.3) is 0 Å². The largest absolute Gasteiger partial charge is 0.497 e. The first kappa shape index (κ1) is 15.5. The van der Waals surface area contributed by atoms with Crippen molar-refractivity contribution < 1.29 is 9.53 Å². The molecule has 0 unspecified atom stereocenters. The van der Waals surface area contributed by atoms with E-state index in [2.05, 4.69) is 30.8 Å². The number of aromatic nitrogens is 4. The third-order valence-electron chi connectivity index (χ3n) is 3.20. The van der Waals surface area contributed by atoms with Gasteiger partial charge in [0.05, 0.1) is 13.7 Å². The van der Waals surface area contributed by atoms with E-state index in [1.54, 1.807) is 37.7 Å². The van der Waals surface area contributed by atoms with E-state index in [-0.39, 0.29) is 12.5 Å². The Hall–Kier alpha value is -3.42. The third-order valence-corrected chi connectivity index (χ3v) is 3.20. The number of amides is 1. The van der Waals surface area contributed by atoms with E-state index in [0.29, 0.717) is 23.2 Å². The maximum Gasteiger partial charge on any atom is 0.243 e. The van der Waals surface area contributed by atoms with E-state index >= 15 is 0 Å². The normalized spacial score (nSPS) is 10.2. The van der Waals surface area contributed by atoms with E-state index in [1.807, 2.05) is 18.2 Å². The Morgan fingerprint density at radius 2 is 2.08 bits per heavy atom. The number of hydrogen-bond acceptors (Lipinski definition) is 6. The number of pyridine rings is 1. The molecular weight excluding hydrogens is 308 g/mol. The Balaban J connectivity index is 1.56. The van der Waals surface area contributed by atoms with Gasteiger partial charge in [-0.1, -0.05) is 6.07 Å². The summed E-state index contributed by atoms with van der Waals surface area (Å²) in [6.45, 7) is 0.0465. The fourth-order valence-corrected chi connectivity index (χ4v) is 2.05. The van der Waals surface area contributed by atoms with Crippen LogP contribution in [0.1, 0.15) is 0 Å². The predicted octanol–water partition coefficient (Wildman–Crippen LogP) is 1.93. The maximum atomic E-state index is 12.0. The van der Waals surface area contributed by atoms with Gasteiger partial charge >= 0.3 is 0 Å². The summed E-state index contributed by atoms with van der Waals surface area (Å²) in [4.78, 5) is 20.2. The lowest BCUT2D eigenvalue weighted by Gasteiger charge is -2.07. The van der Waals surface area contributed by atoms with E-state index in [1.165, 1.54) is 0 Å². The molecule has 2 heterocycles. The van der Waals surface area contributed by atoms with Crippen LogP contribution in [0.4, 0.5) is 11.6 Å². The van der Waals surface area contributed by atoms with Crippen LogP contribution in [0.5, 0.6) is 5.75 Å². The minimum Gasteiger partial charge on any atom is -0.497 e. The van der Waals surface area contributed by atoms with Crippen molar-refractivity contribution in [3.63, 3.8) is 0 Å². The molecule has 1 amide bonds. The van der Waals surface area contributed by atoms with Crippen molar-refractivity contribution in [2.75, 3.05) is 24.3 Å². The highest BCUT2D eigenvalue weighted by Gasteiger charge is 2.07. The number of rotatable bonds is 6. The van der Waals surface area contributed by atoms with Gasteiger partial charge in [-0.15, -0.1) is 5.10 Å². The number of carbonyl (C=O) groups is 1. The zero-order valence-corrected chi connectivity index (χ0v) is 13.0. The van der Waals surface area contributed by atoms with Crippen molar-refractivity contribution in [2.45, 2.75) is 0 Å². The fourth-order valence-electron chi connectivity index (χ4n) is 2.05. The van der Waals surface area contributed by atoms with Crippen LogP contribution in [0.15, 0.2) is 48.8 Å². The van der Waals surface area contributed by atoms with Crippen molar-refractivity contribution in [1.82, 2.24) is 20.2 Å². The van der Waals surface area contributed by atoms with Crippen LogP contribution in [0.25, 0.3) is 11.4 Å². The van der Waals surface area contributed by atoms with E-state index in [0.717, 1.165) is 5.56 Å². The highest BCUT2D eigenvalue weighted by Crippen LogP contribution is 2.17. The molecule has 3 rings (SSSR count). The number of methoxy groups -OCH3 is 1. The molecule has 1 aromatic carbocycles. The summed E-state index contributed by atoms with van der Waals surface area (Å²) in [5, 5.41) is 12.5. The lowest BCUT2D eigenvalue weighted by Crippen LogP contribution is -2.22. The number of ether oxygens (including phenoxy) is 1. The second-order valence-electron chi connectivity index (χ2n) is 4.88. The van der Waals surface area contributed by atoms with E-state index < -0.39 is 0 Å². The number of anilines is 2. The molecule has 122 valence electrons. The molecule has 0 bridgehead atoms. The first-order chi connectivity index (χ1) is 11.7. The van der Waals surface area contributed by atoms with Crippen LogP contribution in [-0.2, 0) is 4.79 Å². The molecule has 8 nitrogen and oxygen atoms in total. The van der Waals surface area contributed by atoms with Gasteiger partial charge in [-0.3, -0.25) is 14.9 Å². The Kier molecular flexibility index (Phi) is 4.66. The summed E-state index contributed by atoms with van der Waals surface area (Å²) in [6, 6.07) is 10.8. The SMILES string of the molecule is COc1cccc(NC(=O)CNc2n[nH]c(-c3ccncc3)n2)c1. The topological polar surface area (TPSA) is 105 Å². The van der Waals surface area contributed by atoms with Crippen LogP contribution >= 0.6 is 0 Å². The molecule has 0 saturated heterocycles. The van der Waals surface area contributed by atoms with Gasteiger partial charge in [0, 0.05) is 29.7 Å². The molecule has 0 aliphatic rings.